The molecule has 50 heavy (non-hydrogen) atoms. The van der Waals surface area contributed by atoms with Crippen LogP contribution in [0.2, 0.25) is 6.32 Å². The van der Waals surface area contributed by atoms with Crippen LogP contribution in [0, 0.1) is 34.9 Å². The predicted molar refractivity (Wildman–Crippen MR) is 191 cm³/mol. The molecule has 0 saturated heterocycles. The molecule has 0 aliphatic carbocycles. The highest BCUT2D eigenvalue weighted by molar-refractivity contribution is 7.97. The first-order chi connectivity index (χ1) is 24.2. The fraction of sp³-hybridized carbons (Fsp3) is 0.122. The summed E-state index contributed by atoms with van der Waals surface area (Å²) in [4.78, 5) is 3.95. The molecule has 0 bridgehead atoms. The van der Waals surface area contributed by atoms with Crippen molar-refractivity contribution in [3.63, 3.8) is 0 Å². The van der Waals surface area contributed by atoms with Gasteiger partial charge in [-0.2, -0.15) is 6.32 Å². The summed E-state index contributed by atoms with van der Waals surface area (Å²) in [6.45, 7) is 1.76. The van der Waals surface area contributed by atoms with Crippen molar-refractivity contribution in [2.45, 2.75) is 40.8 Å². The number of hydrogen-bond acceptors (Lipinski definition) is 1. The number of hydrogen-bond donors (Lipinski definition) is 0. The average molecular weight is 701 g/mol. The Bertz CT molecular complexity index is 1780. The lowest BCUT2D eigenvalue weighted by Crippen LogP contribution is -2.72. The molecule has 0 aromatic heterocycles. The van der Waals surface area contributed by atoms with Crippen LogP contribution in [0.4, 0.5) is 26.3 Å². The maximum Gasteiger partial charge on any atom is 0.166 e. The van der Waals surface area contributed by atoms with Crippen molar-refractivity contribution >= 4 is 33.4 Å². The van der Waals surface area contributed by atoms with E-state index in [2.05, 4.69) is 72.8 Å². The third-order valence-corrected chi connectivity index (χ3v) is 11.0. The van der Waals surface area contributed by atoms with Crippen molar-refractivity contribution < 1.29 is 31.1 Å². The van der Waals surface area contributed by atoms with Crippen LogP contribution in [-0.4, -0.2) is 13.3 Å². The van der Waals surface area contributed by atoms with Crippen LogP contribution < -0.4 is 21.1 Å². The molecule has 0 amide bonds. The molecule has 6 rings (SSSR count). The quantitative estimate of drug-likeness (QED) is 0.0786. The van der Waals surface area contributed by atoms with E-state index in [-0.39, 0.29) is 23.6 Å². The number of rotatable bonds is 10. The van der Waals surface area contributed by atoms with E-state index in [4.69, 9.17) is 4.74 Å². The number of methoxy groups -OCH3 is 1. The molecule has 0 fully saturated rings. The Morgan fingerprint density at radius 2 is 0.800 bits per heavy atom. The topological polar surface area (TPSA) is 9.23 Å². The van der Waals surface area contributed by atoms with Gasteiger partial charge in [-0.1, -0.05) is 74.4 Å². The van der Waals surface area contributed by atoms with Crippen molar-refractivity contribution in [3.05, 3.63) is 174 Å². The highest BCUT2D eigenvalue weighted by Gasteiger charge is 2.41. The summed E-state index contributed by atoms with van der Waals surface area (Å²) in [6, 6.07) is 38.4. The minimum atomic E-state index is -3.32. The van der Waals surface area contributed by atoms with Crippen molar-refractivity contribution in [2.24, 2.45) is 0 Å². The first-order valence-corrected chi connectivity index (χ1v) is 17.4. The summed E-state index contributed by atoms with van der Waals surface area (Å²) < 4.78 is 95.0. The summed E-state index contributed by atoms with van der Waals surface area (Å²) in [5, 5.41) is 0. The number of ether oxygens (including phenoxy) is 1. The highest BCUT2D eigenvalue weighted by atomic mass is 32.2. The Hall–Kier alpha value is -4.89. The van der Waals surface area contributed by atoms with E-state index in [1.165, 1.54) is 14.7 Å². The summed E-state index contributed by atoms with van der Waals surface area (Å²) in [5.41, 5.74) is -2.18. The van der Waals surface area contributed by atoms with Crippen LogP contribution in [0.3, 0.4) is 0 Å². The van der Waals surface area contributed by atoms with E-state index in [9.17, 15) is 26.3 Å². The van der Waals surface area contributed by atoms with Gasteiger partial charge in [0.25, 0.3) is 0 Å². The second-order valence-corrected chi connectivity index (χ2v) is 13.7. The Labute approximate surface area is 291 Å². The molecular formula is C41H35BF6OS. The predicted octanol–water partition coefficient (Wildman–Crippen LogP) is 9.58. The minimum absolute atomic E-state index is 0.0804. The van der Waals surface area contributed by atoms with E-state index >= 15 is 0 Å². The van der Waals surface area contributed by atoms with E-state index in [0.29, 0.717) is 6.42 Å². The number of halogens is 6. The molecule has 0 spiro atoms. The normalized spacial score (nSPS) is 11.2. The zero-order valence-corrected chi connectivity index (χ0v) is 28.4. The van der Waals surface area contributed by atoms with Gasteiger partial charge in [-0.05, 0) is 84.9 Å². The molecule has 6 aromatic rings. The van der Waals surface area contributed by atoms with Crippen LogP contribution in [-0.2, 0) is 10.9 Å². The van der Waals surface area contributed by atoms with Crippen LogP contribution >= 0.6 is 0 Å². The SMILES string of the molecule is CCCC[B-](c1c(F)cccc1F)(c1c(F)cccc1F)c1c(F)cccc1F.COc1ccc([S+](c2ccccc2)c2ccccc2)cc1. The molecule has 0 N–H and O–H groups in total. The molecule has 0 aliphatic rings. The van der Waals surface area contributed by atoms with Gasteiger partial charge >= 0.3 is 0 Å². The van der Waals surface area contributed by atoms with Gasteiger partial charge in [0, 0.05) is 0 Å². The Kier molecular flexibility index (Phi) is 12.1. The molecule has 0 saturated carbocycles. The van der Waals surface area contributed by atoms with E-state index in [1.807, 2.05) is 12.1 Å². The van der Waals surface area contributed by atoms with Gasteiger partial charge < -0.3 is 4.74 Å². The van der Waals surface area contributed by atoms with Gasteiger partial charge in [0.2, 0.25) is 0 Å². The Balaban J connectivity index is 0.000000204. The maximum absolute atomic E-state index is 15.0. The molecule has 0 heterocycles. The smallest absolute Gasteiger partial charge is 0.166 e. The van der Waals surface area contributed by atoms with Gasteiger partial charge in [0.05, 0.1) is 52.9 Å². The second kappa shape index (κ2) is 16.7. The van der Waals surface area contributed by atoms with Crippen molar-refractivity contribution in [2.75, 3.05) is 7.11 Å². The monoisotopic (exact) mass is 700 g/mol. The fourth-order valence-corrected chi connectivity index (χ4v) is 8.64. The van der Waals surface area contributed by atoms with Crippen LogP contribution in [0.1, 0.15) is 19.8 Å². The molecule has 1 nitrogen and oxygen atoms in total. The van der Waals surface area contributed by atoms with E-state index in [1.54, 1.807) is 14.0 Å². The van der Waals surface area contributed by atoms with E-state index in [0.717, 1.165) is 60.3 Å². The maximum atomic E-state index is 15.0. The molecule has 0 radical (unpaired) electrons. The molecule has 0 atom stereocenters. The Morgan fingerprint density at radius 1 is 0.460 bits per heavy atom. The third-order valence-electron chi connectivity index (χ3n) is 8.72. The first-order valence-electron chi connectivity index (χ1n) is 16.2. The summed E-state index contributed by atoms with van der Waals surface area (Å²) in [7, 11) is 1.62. The summed E-state index contributed by atoms with van der Waals surface area (Å²) >= 11 is 0. The second-order valence-electron chi connectivity index (χ2n) is 11.7. The van der Waals surface area contributed by atoms with Gasteiger partial charge in [0.15, 0.2) is 14.7 Å². The summed E-state index contributed by atoms with van der Waals surface area (Å²) in [5.74, 6) is -5.82. The molecule has 6 aromatic carbocycles. The number of benzene rings is 6. The van der Waals surface area contributed by atoms with Crippen molar-refractivity contribution in [1.82, 2.24) is 0 Å². The molecule has 0 unspecified atom stereocenters. The zero-order valence-electron chi connectivity index (χ0n) is 27.6. The standard InChI is InChI=1S/C22H18BF6.C19H17OS/c1-2-3-13-23(20-14(24)7-4-8-15(20)25,21-16(26)9-5-10-17(21)27)22-18(28)11-6-12-19(22)29;1-20-16-12-14-19(15-13-16)21(17-8-4-2-5-9-17)18-10-6-3-7-11-18/h4-12H,2-3,13H2,1H3;2-15H,1H3/q-1;+1. The van der Waals surface area contributed by atoms with Crippen molar-refractivity contribution in [1.29, 1.82) is 0 Å². The average Bonchev–Trinajstić information content (AvgIpc) is 3.12. The van der Waals surface area contributed by atoms with Crippen LogP contribution in [0.5, 0.6) is 5.75 Å². The van der Waals surface area contributed by atoms with E-state index < -0.39 is 57.4 Å². The lowest BCUT2D eigenvalue weighted by molar-refractivity contribution is 0.414. The molecule has 9 heteroatoms. The van der Waals surface area contributed by atoms with Gasteiger partial charge in [-0.15, -0.1) is 16.4 Å². The molecule has 256 valence electrons. The summed E-state index contributed by atoms with van der Waals surface area (Å²) in [6.07, 6.45) is -2.85. The fourth-order valence-electron chi connectivity index (χ4n) is 6.55. The lowest BCUT2D eigenvalue weighted by Gasteiger charge is -2.43. The Morgan fingerprint density at radius 3 is 1.12 bits per heavy atom. The highest BCUT2D eigenvalue weighted by Crippen LogP contribution is 2.32. The van der Waals surface area contributed by atoms with Gasteiger partial charge in [-0.3, -0.25) is 0 Å². The lowest BCUT2D eigenvalue weighted by atomic mass is 9.13. The first kappa shape index (κ1) is 36.4. The largest absolute Gasteiger partial charge is 0.497 e. The van der Waals surface area contributed by atoms with Crippen LogP contribution in [0.25, 0.3) is 0 Å². The van der Waals surface area contributed by atoms with Crippen molar-refractivity contribution in [3.8, 4) is 5.75 Å². The molecule has 0 aliphatic heterocycles. The number of unbranched alkanes of at least 4 members (excludes halogenated alkanes) is 1. The molecular weight excluding hydrogens is 665 g/mol. The van der Waals surface area contributed by atoms with Gasteiger partial charge in [0.1, 0.15) is 11.9 Å². The minimum Gasteiger partial charge on any atom is -0.497 e. The zero-order chi connectivity index (χ0) is 35.7. The van der Waals surface area contributed by atoms with Gasteiger partial charge in [-0.25, -0.2) is 26.3 Å². The third kappa shape index (κ3) is 7.63. The van der Waals surface area contributed by atoms with Crippen LogP contribution in [0.15, 0.2) is 154 Å².